The van der Waals surface area contributed by atoms with Crippen molar-refractivity contribution in [2.24, 2.45) is 0 Å². The van der Waals surface area contributed by atoms with E-state index in [4.69, 9.17) is 14.5 Å². The van der Waals surface area contributed by atoms with Gasteiger partial charge in [0.05, 0.1) is 43.1 Å². The van der Waals surface area contributed by atoms with Crippen molar-refractivity contribution in [1.29, 1.82) is 0 Å². The highest BCUT2D eigenvalue weighted by molar-refractivity contribution is 5.76. The van der Waals surface area contributed by atoms with Gasteiger partial charge in [0.15, 0.2) is 0 Å². The summed E-state index contributed by atoms with van der Waals surface area (Å²) in [7, 11) is 1.48. The van der Waals surface area contributed by atoms with Crippen molar-refractivity contribution in [1.82, 2.24) is 9.88 Å². The summed E-state index contributed by atoms with van der Waals surface area (Å²) in [6, 6.07) is 8.97. The molecule has 224 valence electrons. The van der Waals surface area contributed by atoms with E-state index in [1.54, 1.807) is 24.3 Å². The van der Waals surface area contributed by atoms with Crippen molar-refractivity contribution < 1.29 is 45.7 Å². The number of hydrogen-bond donors (Lipinski definition) is 1. The van der Waals surface area contributed by atoms with E-state index in [0.29, 0.717) is 46.1 Å². The lowest BCUT2D eigenvalue weighted by molar-refractivity contribution is -0.143. The predicted molar refractivity (Wildman–Crippen MR) is 140 cm³/mol. The molecule has 5 rings (SSSR count). The van der Waals surface area contributed by atoms with Gasteiger partial charge in [0, 0.05) is 24.2 Å². The van der Waals surface area contributed by atoms with Gasteiger partial charge >= 0.3 is 18.4 Å². The van der Waals surface area contributed by atoms with Crippen molar-refractivity contribution in [3.8, 4) is 16.9 Å². The fourth-order valence-corrected chi connectivity index (χ4v) is 5.11. The van der Waals surface area contributed by atoms with Gasteiger partial charge in [-0.1, -0.05) is 6.07 Å². The number of aliphatic hydroxyl groups is 1. The number of benzene rings is 2. The highest BCUT2D eigenvalue weighted by Crippen LogP contribution is 2.42. The zero-order valence-electron chi connectivity index (χ0n) is 22.6. The third kappa shape index (κ3) is 5.69. The number of hydrogen-bond acceptors (Lipinski definition) is 6. The van der Waals surface area contributed by atoms with Crippen molar-refractivity contribution in [2.45, 2.75) is 51.0 Å². The average Bonchev–Trinajstić information content (AvgIpc) is 3.19. The van der Waals surface area contributed by atoms with Gasteiger partial charge in [-0.25, -0.2) is 9.78 Å². The second-order valence-corrected chi connectivity index (χ2v) is 10.2. The van der Waals surface area contributed by atoms with Crippen LogP contribution in [0.25, 0.3) is 11.1 Å². The molecule has 1 aromatic heterocycles. The van der Waals surface area contributed by atoms with Crippen LogP contribution in [0.15, 0.2) is 48.5 Å². The second kappa shape index (κ2) is 11.0. The van der Waals surface area contributed by atoms with Crippen molar-refractivity contribution in [3.63, 3.8) is 0 Å². The van der Waals surface area contributed by atoms with Gasteiger partial charge < -0.3 is 19.5 Å². The van der Waals surface area contributed by atoms with Crippen LogP contribution in [0.1, 0.15) is 47.4 Å². The van der Waals surface area contributed by atoms with Crippen LogP contribution in [0.2, 0.25) is 0 Å². The molecule has 3 heterocycles. The minimum Gasteiger partial charge on any atom is -0.496 e. The number of amides is 1. The van der Waals surface area contributed by atoms with Gasteiger partial charge in [-0.15, -0.1) is 0 Å². The van der Waals surface area contributed by atoms with E-state index in [1.165, 1.54) is 18.9 Å². The molecule has 0 bridgehead atoms. The molecule has 7 nitrogen and oxygen atoms in total. The summed E-state index contributed by atoms with van der Waals surface area (Å²) < 4.78 is 91.9. The standard InChI is InChI=1S/C29H27F6N3O4/c1-16-26(18-11-19(28(30,31)32)13-20(12-18)29(33,34)35)42-27(40)38(16)14-23-21(5-7-25(36-23)37-8-3-9-37)22-10-17(15-39)4-6-24(22)41-2/h4-7,10-13,16,26,39H,3,8-9,14-15H2,1-2H3/t16-,26-/m0/s1. The molecule has 2 saturated heterocycles. The van der Waals surface area contributed by atoms with Gasteiger partial charge in [0.2, 0.25) is 0 Å². The van der Waals surface area contributed by atoms with Gasteiger partial charge in [-0.3, -0.25) is 4.90 Å². The Morgan fingerprint density at radius 3 is 2.19 bits per heavy atom. The lowest BCUT2D eigenvalue weighted by Gasteiger charge is -2.33. The first-order valence-electron chi connectivity index (χ1n) is 13.1. The molecule has 13 heteroatoms. The molecule has 42 heavy (non-hydrogen) atoms. The Bertz CT molecular complexity index is 1460. The summed E-state index contributed by atoms with van der Waals surface area (Å²) >= 11 is 0. The molecular weight excluding hydrogens is 568 g/mol. The Kier molecular flexibility index (Phi) is 7.73. The summed E-state index contributed by atoms with van der Waals surface area (Å²) in [6.07, 6.45) is -11.4. The molecule has 2 aliphatic rings. The van der Waals surface area contributed by atoms with Gasteiger partial charge in [0.1, 0.15) is 17.7 Å². The molecule has 0 saturated carbocycles. The van der Waals surface area contributed by atoms with Crippen LogP contribution in [0, 0.1) is 0 Å². The van der Waals surface area contributed by atoms with Crippen LogP contribution < -0.4 is 9.64 Å². The van der Waals surface area contributed by atoms with Crippen molar-refractivity contribution >= 4 is 11.9 Å². The second-order valence-electron chi connectivity index (χ2n) is 10.2. The quantitative estimate of drug-likeness (QED) is 0.311. The Morgan fingerprint density at radius 2 is 1.64 bits per heavy atom. The van der Waals surface area contributed by atoms with Crippen LogP contribution >= 0.6 is 0 Å². The number of ether oxygens (including phenoxy) is 2. The fourth-order valence-electron chi connectivity index (χ4n) is 5.11. The van der Waals surface area contributed by atoms with E-state index in [9.17, 15) is 36.2 Å². The number of nitrogens with zero attached hydrogens (tertiary/aromatic N) is 3. The lowest BCUT2D eigenvalue weighted by atomic mass is 9.97. The number of methoxy groups -OCH3 is 1. The molecule has 2 fully saturated rings. The minimum atomic E-state index is -5.04. The van der Waals surface area contributed by atoms with Crippen LogP contribution in [-0.2, 0) is 30.2 Å². The molecular formula is C29H27F6N3O4. The maximum atomic E-state index is 13.5. The molecule has 3 aromatic rings. The van der Waals surface area contributed by atoms with Gasteiger partial charge in [0.25, 0.3) is 0 Å². The number of rotatable bonds is 7. The molecule has 1 N–H and O–H groups in total. The summed E-state index contributed by atoms with van der Waals surface area (Å²) in [5.74, 6) is 1.13. The normalized spacial score (nSPS) is 19.1. The minimum absolute atomic E-state index is 0.0358. The van der Waals surface area contributed by atoms with Crippen molar-refractivity contribution in [2.75, 3.05) is 25.1 Å². The summed E-state index contributed by atoms with van der Waals surface area (Å²) in [6.45, 7) is 2.69. The number of halogens is 6. The largest absolute Gasteiger partial charge is 0.496 e. The molecule has 2 aliphatic heterocycles. The summed E-state index contributed by atoms with van der Waals surface area (Å²) in [5, 5.41) is 9.70. The smallest absolute Gasteiger partial charge is 0.416 e. The topological polar surface area (TPSA) is 75.1 Å². The number of carbonyl (C=O) groups excluding carboxylic acids is 1. The number of aliphatic hydroxyl groups excluding tert-OH is 1. The molecule has 0 radical (unpaired) electrons. The molecule has 0 aliphatic carbocycles. The van der Waals surface area contributed by atoms with Gasteiger partial charge in [-0.05, 0) is 66.9 Å². The van der Waals surface area contributed by atoms with E-state index in [1.807, 2.05) is 11.0 Å². The molecule has 2 aromatic carbocycles. The van der Waals surface area contributed by atoms with Gasteiger partial charge in [-0.2, -0.15) is 26.3 Å². The van der Waals surface area contributed by atoms with E-state index in [2.05, 4.69) is 0 Å². The zero-order valence-corrected chi connectivity index (χ0v) is 22.6. The molecule has 1 amide bonds. The number of carbonyl (C=O) groups is 1. The third-order valence-corrected chi connectivity index (χ3v) is 7.53. The maximum Gasteiger partial charge on any atom is 0.416 e. The van der Waals surface area contributed by atoms with Crippen LogP contribution in [-0.4, -0.2) is 47.3 Å². The Hall–Kier alpha value is -4.00. The lowest BCUT2D eigenvalue weighted by Crippen LogP contribution is -2.38. The summed E-state index contributed by atoms with van der Waals surface area (Å²) in [4.78, 5) is 21.1. The van der Waals surface area contributed by atoms with E-state index < -0.39 is 47.3 Å². The van der Waals surface area contributed by atoms with E-state index >= 15 is 0 Å². The Morgan fingerprint density at radius 1 is 0.976 bits per heavy atom. The van der Waals surface area contributed by atoms with E-state index in [-0.39, 0.29) is 19.2 Å². The average molecular weight is 596 g/mol. The SMILES string of the molecule is COc1ccc(CO)cc1-c1ccc(N2CCC2)nc1CN1C(=O)O[C@H](c2cc(C(F)(F)F)cc(C(F)(F)F)c2)[C@@H]1C. The third-order valence-electron chi connectivity index (χ3n) is 7.53. The van der Waals surface area contributed by atoms with Crippen LogP contribution in [0.4, 0.5) is 37.0 Å². The van der Waals surface area contributed by atoms with Crippen LogP contribution in [0.3, 0.4) is 0 Å². The number of cyclic esters (lactones) is 1. The first-order chi connectivity index (χ1) is 19.8. The maximum absolute atomic E-state index is 13.5. The number of pyridine rings is 1. The Balaban J connectivity index is 1.54. The molecule has 0 spiro atoms. The Labute approximate surface area is 237 Å². The highest BCUT2D eigenvalue weighted by Gasteiger charge is 2.43. The first kappa shape index (κ1) is 29.5. The molecule has 2 atom stereocenters. The first-order valence-corrected chi connectivity index (χ1v) is 13.1. The zero-order chi connectivity index (χ0) is 30.4. The summed E-state index contributed by atoms with van der Waals surface area (Å²) in [5.41, 5.74) is -1.22. The predicted octanol–water partition coefficient (Wildman–Crippen LogP) is 6.58. The van der Waals surface area contributed by atoms with Crippen molar-refractivity contribution in [3.05, 3.63) is 76.5 Å². The van der Waals surface area contributed by atoms with Crippen LogP contribution in [0.5, 0.6) is 5.75 Å². The monoisotopic (exact) mass is 595 g/mol. The van der Waals surface area contributed by atoms with E-state index in [0.717, 1.165) is 19.5 Å². The number of alkyl halides is 6. The number of aromatic nitrogens is 1. The number of anilines is 1. The fraction of sp³-hybridized carbons (Fsp3) is 0.379. The molecule has 0 unspecified atom stereocenters. The highest BCUT2D eigenvalue weighted by atomic mass is 19.4.